The van der Waals surface area contributed by atoms with E-state index < -0.39 is 0 Å². The molecule has 1 fully saturated rings. The SMILES string of the molecule is Cc1ccc(CCN2CCC(C)(CN)C2)cc1.Cl. The Hall–Kier alpha value is -0.570. The molecule has 18 heavy (non-hydrogen) atoms. The van der Waals surface area contributed by atoms with Crippen LogP contribution in [0.15, 0.2) is 24.3 Å². The molecule has 0 radical (unpaired) electrons. The zero-order valence-corrected chi connectivity index (χ0v) is 12.3. The summed E-state index contributed by atoms with van der Waals surface area (Å²) in [6.07, 6.45) is 2.40. The van der Waals surface area contributed by atoms with Crippen molar-refractivity contribution in [1.29, 1.82) is 0 Å². The Morgan fingerprint density at radius 1 is 1.28 bits per heavy atom. The predicted molar refractivity (Wildman–Crippen MR) is 80.3 cm³/mol. The van der Waals surface area contributed by atoms with E-state index >= 15 is 0 Å². The first-order chi connectivity index (χ1) is 8.11. The Kier molecular flexibility index (Phi) is 5.64. The van der Waals surface area contributed by atoms with Gasteiger partial charge in [-0.2, -0.15) is 0 Å². The average molecular weight is 269 g/mol. The molecule has 0 aliphatic carbocycles. The molecular weight excluding hydrogens is 244 g/mol. The molecule has 3 heteroatoms. The first-order valence-corrected chi connectivity index (χ1v) is 6.59. The van der Waals surface area contributed by atoms with Crippen LogP contribution in [0.25, 0.3) is 0 Å². The van der Waals surface area contributed by atoms with Crippen LogP contribution in [0, 0.1) is 12.3 Å². The van der Waals surface area contributed by atoms with Crippen molar-refractivity contribution >= 4 is 12.4 Å². The summed E-state index contributed by atoms with van der Waals surface area (Å²) in [6.45, 7) is 8.79. The van der Waals surface area contributed by atoms with Gasteiger partial charge in [0, 0.05) is 13.1 Å². The third-order valence-electron chi connectivity index (χ3n) is 3.97. The molecule has 102 valence electrons. The first kappa shape index (κ1) is 15.5. The lowest BCUT2D eigenvalue weighted by atomic mass is 9.90. The second-order valence-electron chi connectivity index (χ2n) is 5.78. The highest BCUT2D eigenvalue weighted by molar-refractivity contribution is 5.85. The topological polar surface area (TPSA) is 29.3 Å². The van der Waals surface area contributed by atoms with Crippen molar-refractivity contribution in [3.8, 4) is 0 Å². The molecule has 0 aromatic heterocycles. The van der Waals surface area contributed by atoms with E-state index in [2.05, 4.69) is 43.0 Å². The zero-order chi connectivity index (χ0) is 12.3. The molecule has 2 nitrogen and oxygen atoms in total. The van der Waals surface area contributed by atoms with Crippen molar-refractivity contribution < 1.29 is 0 Å². The third-order valence-corrected chi connectivity index (χ3v) is 3.97. The second-order valence-corrected chi connectivity index (χ2v) is 5.78. The third kappa shape index (κ3) is 3.98. The van der Waals surface area contributed by atoms with E-state index in [-0.39, 0.29) is 12.4 Å². The minimum absolute atomic E-state index is 0. The Balaban J connectivity index is 0.00000162. The summed E-state index contributed by atoms with van der Waals surface area (Å²) in [5.41, 5.74) is 8.96. The van der Waals surface area contributed by atoms with Gasteiger partial charge in [0.2, 0.25) is 0 Å². The highest BCUT2D eigenvalue weighted by Gasteiger charge is 2.31. The fraction of sp³-hybridized carbons (Fsp3) is 0.600. The minimum atomic E-state index is 0. The van der Waals surface area contributed by atoms with Crippen molar-refractivity contribution in [2.45, 2.75) is 26.7 Å². The Morgan fingerprint density at radius 3 is 2.50 bits per heavy atom. The van der Waals surface area contributed by atoms with E-state index in [9.17, 15) is 0 Å². The molecule has 1 aromatic rings. The van der Waals surface area contributed by atoms with Crippen molar-refractivity contribution in [3.63, 3.8) is 0 Å². The summed E-state index contributed by atoms with van der Waals surface area (Å²) in [5, 5.41) is 0. The number of likely N-dealkylation sites (tertiary alicyclic amines) is 1. The van der Waals surface area contributed by atoms with Crippen LogP contribution in [0.5, 0.6) is 0 Å². The maximum Gasteiger partial charge on any atom is 0.00480 e. The zero-order valence-electron chi connectivity index (χ0n) is 11.5. The minimum Gasteiger partial charge on any atom is -0.330 e. The summed E-state index contributed by atoms with van der Waals surface area (Å²) in [5.74, 6) is 0. The van der Waals surface area contributed by atoms with Crippen LogP contribution in [0.3, 0.4) is 0 Å². The molecule has 2 rings (SSSR count). The van der Waals surface area contributed by atoms with Gasteiger partial charge in [0.25, 0.3) is 0 Å². The monoisotopic (exact) mass is 268 g/mol. The van der Waals surface area contributed by atoms with Crippen molar-refractivity contribution in [1.82, 2.24) is 4.90 Å². The van der Waals surface area contributed by atoms with E-state index in [1.165, 1.54) is 30.6 Å². The average Bonchev–Trinajstić information content (AvgIpc) is 2.72. The van der Waals surface area contributed by atoms with Crippen LogP contribution >= 0.6 is 12.4 Å². The van der Waals surface area contributed by atoms with Gasteiger partial charge in [0.05, 0.1) is 0 Å². The number of nitrogens with zero attached hydrogens (tertiary/aromatic N) is 1. The van der Waals surface area contributed by atoms with Gasteiger partial charge in [-0.25, -0.2) is 0 Å². The van der Waals surface area contributed by atoms with Crippen molar-refractivity contribution in [3.05, 3.63) is 35.4 Å². The highest BCUT2D eigenvalue weighted by atomic mass is 35.5. The van der Waals surface area contributed by atoms with Gasteiger partial charge in [0.15, 0.2) is 0 Å². The lowest BCUT2D eigenvalue weighted by molar-refractivity contribution is 0.283. The number of rotatable bonds is 4. The number of aryl methyl sites for hydroxylation is 1. The molecular formula is C15H25ClN2. The summed E-state index contributed by atoms with van der Waals surface area (Å²) in [6, 6.07) is 8.88. The molecule has 1 aromatic carbocycles. The van der Waals surface area contributed by atoms with Crippen LogP contribution in [0.2, 0.25) is 0 Å². The summed E-state index contributed by atoms with van der Waals surface area (Å²) in [4.78, 5) is 2.55. The van der Waals surface area contributed by atoms with E-state index in [4.69, 9.17) is 5.73 Å². The Morgan fingerprint density at radius 2 is 1.94 bits per heavy atom. The molecule has 2 N–H and O–H groups in total. The molecule has 1 aliphatic heterocycles. The summed E-state index contributed by atoms with van der Waals surface area (Å²) in [7, 11) is 0. The van der Waals surface area contributed by atoms with Gasteiger partial charge in [-0.3, -0.25) is 0 Å². The predicted octanol–water partition coefficient (Wildman–Crippen LogP) is 2.63. The Labute approximate surface area is 117 Å². The molecule has 1 atom stereocenters. The maximum atomic E-state index is 5.83. The van der Waals surface area contributed by atoms with Crippen LogP contribution in [-0.2, 0) is 6.42 Å². The van der Waals surface area contributed by atoms with E-state index in [0.29, 0.717) is 5.41 Å². The second kappa shape index (κ2) is 6.55. The number of benzene rings is 1. The number of hydrogen-bond acceptors (Lipinski definition) is 2. The van der Waals surface area contributed by atoms with Gasteiger partial charge >= 0.3 is 0 Å². The van der Waals surface area contributed by atoms with Gasteiger partial charge in [-0.1, -0.05) is 36.8 Å². The molecule has 1 heterocycles. The lowest BCUT2D eigenvalue weighted by Gasteiger charge is -2.22. The highest BCUT2D eigenvalue weighted by Crippen LogP contribution is 2.28. The normalized spacial score (nSPS) is 23.9. The van der Waals surface area contributed by atoms with Crippen LogP contribution in [0.4, 0.5) is 0 Å². The van der Waals surface area contributed by atoms with Crippen molar-refractivity contribution in [2.75, 3.05) is 26.2 Å². The fourth-order valence-corrected chi connectivity index (χ4v) is 2.53. The number of nitrogens with two attached hydrogens (primary N) is 1. The Bertz CT molecular complexity index is 363. The maximum absolute atomic E-state index is 5.83. The van der Waals surface area contributed by atoms with Crippen LogP contribution in [0.1, 0.15) is 24.5 Å². The molecule has 1 saturated heterocycles. The molecule has 0 bridgehead atoms. The summed E-state index contributed by atoms with van der Waals surface area (Å²) < 4.78 is 0. The van der Waals surface area contributed by atoms with Crippen LogP contribution < -0.4 is 5.73 Å². The molecule has 1 unspecified atom stereocenters. The molecule has 0 saturated carbocycles. The smallest absolute Gasteiger partial charge is 0.00480 e. The van der Waals surface area contributed by atoms with Crippen molar-refractivity contribution in [2.24, 2.45) is 11.1 Å². The number of hydrogen-bond donors (Lipinski definition) is 1. The van der Waals surface area contributed by atoms with E-state index in [0.717, 1.165) is 19.5 Å². The van der Waals surface area contributed by atoms with Gasteiger partial charge in [-0.05, 0) is 43.8 Å². The number of halogens is 1. The van der Waals surface area contributed by atoms with E-state index in [1.54, 1.807) is 0 Å². The van der Waals surface area contributed by atoms with E-state index in [1.807, 2.05) is 0 Å². The molecule has 0 amide bonds. The van der Waals surface area contributed by atoms with Gasteiger partial charge in [-0.15, -0.1) is 12.4 Å². The summed E-state index contributed by atoms with van der Waals surface area (Å²) >= 11 is 0. The largest absolute Gasteiger partial charge is 0.330 e. The molecule has 1 aliphatic rings. The molecule has 0 spiro atoms. The quantitative estimate of drug-likeness (QED) is 0.910. The van der Waals surface area contributed by atoms with Crippen LogP contribution in [-0.4, -0.2) is 31.1 Å². The lowest BCUT2D eigenvalue weighted by Crippen LogP contribution is -2.32. The standard InChI is InChI=1S/C15H24N2.ClH/c1-13-3-5-14(6-4-13)7-9-17-10-8-15(2,11-16)12-17;/h3-6H,7-12,16H2,1-2H3;1H. The fourth-order valence-electron chi connectivity index (χ4n) is 2.53. The van der Waals surface area contributed by atoms with Gasteiger partial charge in [0.1, 0.15) is 0 Å². The first-order valence-electron chi connectivity index (χ1n) is 6.59. The van der Waals surface area contributed by atoms with Gasteiger partial charge < -0.3 is 10.6 Å².